The van der Waals surface area contributed by atoms with Crippen molar-refractivity contribution in [1.29, 1.82) is 0 Å². The second kappa shape index (κ2) is 8.50. The Morgan fingerprint density at radius 1 is 0.839 bits per heavy atom. The summed E-state index contributed by atoms with van der Waals surface area (Å²) < 4.78 is 0. The Kier molecular flexibility index (Phi) is 5.57. The predicted octanol–water partition coefficient (Wildman–Crippen LogP) is 8.70. The second-order valence-corrected chi connectivity index (χ2v) is 9.73. The van der Waals surface area contributed by atoms with Crippen molar-refractivity contribution in [2.75, 3.05) is 0 Å². The van der Waals surface area contributed by atoms with Crippen LogP contribution in [0, 0.1) is 12.8 Å². The standard InChI is InChI=1S/C31H34/c1-4-23-19-28(31-11-6-5-10-30(31)24-12-13-24)16-17-29(23)27-15-14-26(20-27)22(3)25-9-7-8-21(2)18-25/h5-11,16-19,24,26-27H,3-4,12-15,20H2,1-2H3. The van der Waals surface area contributed by atoms with Crippen molar-refractivity contribution in [3.8, 4) is 11.1 Å². The van der Waals surface area contributed by atoms with E-state index < -0.39 is 0 Å². The van der Waals surface area contributed by atoms with E-state index in [1.165, 1.54) is 65.5 Å². The first-order chi connectivity index (χ1) is 15.1. The molecule has 0 nitrogen and oxygen atoms in total. The molecule has 2 unspecified atom stereocenters. The van der Waals surface area contributed by atoms with Gasteiger partial charge in [-0.25, -0.2) is 0 Å². The summed E-state index contributed by atoms with van der Waals surface area (Å²) in [5.41, 5.74) is 11.5. The van der Waals surface area contributed by atoms with Crippen LogP contribution in [0.3, 0.4) is 0 Å². The lowest BCUT2D eigenvalue weighted by Crippen LogP contribution is -2.02. The monoisotopic (exact) mass is 406 g/mol. The summed E-state index contributed by atoms with van der Waals surface area (Å²) in [6, 6.07) is 25.2. The van der Waals surface area contributed by atoms with Crippen LogP contribution < -0.4 is 0 Å². The van der Waals surface area contributed by atoms with Crippen LogP contribution in [-0.2, 0) is 6.42 Å². The lowest BCUT2D eigenvalue weighted by atomic mass is 9.86. The van der Waals surface area contributed by atoms with Crippen LogP contribution in [0.15, 0.2) is 73.3 Å². The molecule has 0 heteroatoms. The van der Waals surface area contributed by atoms with Crippen molar-refractivity contribution in [3.63, 3.8) is 0 Å². The molecule has 0 bridgehead atoms. The van der Waals surface area contributed by atoms with Gasteiger partial charge >= 0.3 is 0 Å². The van der Waals surface area contributed by atoms with Crippen molar-refractivity contribution in [1.82, 2.24) is 0 Å². The molecule has 0 aromatic heterocycles. The molecule has 0 saturated heterocycles. The van der Waals surface area contributed by atoms with E-state index in [-0.39, 0.29) is 0 Å². The van der Waals surface area contributed by atoms with Crippen LogP contribution in [0.1, 0.15) is 78.7 Å². The fraction of sp³-hybridized carbons (Fsp3) is 0.355. The molecule has 0 radical (unpaired) electrons. The number of benzene rings is 3. The molecular weight excluding hydrogens is 372 g/mol. The van der Waals surface area contributed by atoms with Gasteiger partial charge in [0.05, 0.1) is 0 Å². The van der Waals surface area contributed by atoms with E-state index in [4.69, 9.17) is 0 Å². The predicted molar refractivity (Wildman–Crippen MR) is 134 cm³/mol. The number of hydrogen-bond donors (Lipinski definition) is 0. The van der Waals surface area contributed by atoms with Crippen molar-refractivity contribution < 1.29 is 0 Å². The average Bonchev–Trinajstić information content (AvgIpc) is 3.54. The minimum atomic E-state index is 0.603. The Bertz CT molecular complexity index is 1100. The van der Waals surface area contributed by atoms with Gasteiger partial charge in [0, 0.05) is 0 Å². The number of rotatable bonds is 6. The molecule has 2 saturated carbocycles. The van der Waals surface area contributed by atoms with Crippen LogP contribution in [0.2, 0.25) is 0 Å². The zero-order valence-corrected chi connectivity index (χ0v) is 19.0. The molecule has 2 aliphatic carbocycles. The summed E-state index contributed by atoms with van der Waals surface area (Å²) in [6.45, 7) is 8.99. The van der Waals surface area contributed by atoms with Gasteiger partial charge in [-0.3, -0.25) is 0 Å². The van der Waals surface area contributed by atoms with E-state index in [9.17, 15) is 0 Å². The number of hydrogen-bond acceptors (Lipinski definition) is 0. The first kappa shape index (κ1) is 20.3. The summed E-state index contributed by atoms with van der Waals surface area (Å²) >= 11 is 0. The molecule has 0 heterocycles. The SMILES string of the molecule is C=C(c1cccc(C)c1)C1CCC(c2ccc(-c3ccccc3C3CC3)cc2CC)C1. The summed E-state index contributed by atoms with van der Waals surface area (Å²) in [5.74, 6) is 2.05. The topological polar surface area (TPSA) is 0 Å². The van der Waals surface area contributed by atoms with Gasteiger partial charge in [-0.1, -0.05) is 85.8 Å². The summed E-state index contributed by atoms with van der Waals surface area (Å²) in [5, 5.41) is 0. The maximum Gasteiger partial charge on any atom is -0.0149 e. The highest BCUT2D eigenvalue weighted by Crippen LogP contribution is 2.47. The van der Waals surface area contributed by atoms with Gasteiger partial charge in [-0.15, -0.1) is 0 Å². The highest BCUT2D eigenvalue weighted by atomic mass is 14.3. The summed E-state index contributed by atoms with van der Waals surface area (Å²) in [6.07, 6.45) is 7.58. The Morgan fingerprint density at radius 3 is 2.42 bits per heavy atom. The van der Waals surface area contributed by atoms with Crippen LogP contribution in [0.5, 0.6) is 0 Å². The highest BCUT2D eigenvalue weighted by molar-refractivity contribution is 5.70. The quantitative estimate of drug-likeness (QED) is 0.384. The van der Waals surface area contributed by atoms with Gasteiger partial charge in [-0.05, 0) is 102 Å². The van der Waals surface area contributed by atoms with Crippen LogP contribution in [0.25, 0.3) is 16.7 Å². The molecule has 2 fully saturated rings. The van der Waals surface area contributed by atoms with Gasteiger partial charge in [0.2, 0.25) is 0 Å². The van der Waals surface area contributed by atoms with Crippen molar-refractivity contribution in [2.24, 2.45) is 5.92 Å². The van der Waals surface area contributed by atoms with Gasteiger partial charge in [0.15, 0.2) is 0 Å². The Balaban J connectivity index is 1.38. The zero-order valence-electron chi connectivity index (χ0n) is 19.0. The molecule has 158 valence electrons. The lowest BCUT2D eigenvalue weighted by molar-refractivity contribution is 0.670. The van der Waals surface area contributed by atoms with Crippen LogP contribution >= 0.6 is 0 Å². The number of aryl methyl sites for hydroxylation is 2. The third kappa shape index (κ3) is 4.13. The van der Waals surface area contributed by atoms with E-state index in [1.807, 2.05) is 0 Å². The smallest absolute Gasteiger partial charge is 0.0149 e. The normalized spacial score (nSPS) is 20.7. The van der Waals surface area contributed by atoms with Crippen molar-refractivity contribution in [2.45, 2.75) is 64.2 Å². The number of allylic oxidation sites excluding steroid dienone is 1. The van der Waals surface area contributed by atoms with Crippen molar-refractivity contribution >= 4 is 5.57 Å². The highest BCUT2D eigenvalue weighted by Gasteiger charge is 2.30. The maximum absolute atomic E-state index is 4.50. The van der Waals surface area contributed by atoms with E-state index in [0.717, 1.165) is 12.3 Å². The zero-order chi connectivity index (χ0) is 21.4. The molecule has 2 aliphatic rings. The Morgan fingerprint density at radius 2 is 1.65 bits per heavy atom. The Hall–Kier alpha value is -2.60. The molecule has 2 atom stereocenters. The largest absolute Gasteiger partial charge is 0.0950 e. The van der Waals surface area contributed by atoms with Gasteiger partial charge in [-0.2, -0.15) is 0 Å². The average molecular weight is 407 g/mol. The molecule has 3 aromatic rings. The second-order valence-electron chi connectivity index (χ2n) is 9.73. The summed E-state index contributed by atoms with van der Waals surface area (Å²) in [7, 11) is 0. The van der Waals surface area contributed by atoms with E-state index in [2.05, 4.69) is 87.2 Å². The van der Waals surface area contributed by atoms with E-state index in [0.29, 0.717) is 11.8 Å². The first-order valence-electron chi connectivity index (χ1n) is 12.1. The first-order valence-corrected chi connectivity index (χ1v) is 12.1. The third-order valence-electron chi connectivity index (χ3n) is 7.57. The minimum absolute atomic E-state index is 0.603. The minimum Gasteiger partial charge on any atom is -0.0950 e. The molecule has 3 aromatic carbocycles. The molecule has 5 rings (SSSR count). The van der Waals surface area contributed by atoms with Gasteiger partial charge in [0.1, 0.15) is 0 Å². The fourth-order valence-corrected chi connectivity index (χ4v) is 5.65. The molecular formula is C31H34. The lowest BCUT2D eigenvalue weighted by Gasteiger charge is -2.19. The van der Waals surface area contributed by atoms with E-state index in [1.54, 1.807) is 11.1 Å². The molecule has 0 aliphatic heterocycles. The molecule has 0 amide bonds. The van der Waals surface area contributed by atoms with Gasteiger partial charge < -0.3 is 0 Å². The fourth-order valence-electron chi connectivity index (χ4n) is 5.65. The molecule has 31 heavy (non-hydrogen) atoms. The van der Waals surface area contributed by atoms with Crippen LogP contribution in [0.4, 0.5) is 0 Å². The molecule has 0 N–H and O–H groups in total. The maximum atomic E-state index is 4.50. The third-order valence-corrected chi connectivity index (χ3v) is 7.57. The van der Waals surface area contributed by atoms with Crippen molar-refractivity contribution in [3.05, 3.63) is 101 Å². The van der Waals surface area contributed by atoms with E-state index >= 15 is 0 Å². The molecule has 0 spiro atoms. The Labute approximate surface area is 188 Å². The summed E-state index contributed by atoms with van der Waals surface area (Å²) in [4.78, 5) is 0. The van der Waals surface area contributed by atoms with Gasteiger partial charge in [0.25, 0.3) is 0 Å². The van der Waals surface area contributed by atoms with Crippen LogP contribution in [-0.4, -0.2) is 0 Å².